The van der Waals surface area contributed by atoms with E-state index in [1.807, 2.05) is 32.0 Å². The number of amides is 1. The van der Waals surface area contributed by atoms with Crippen LogP contribution in [-0.2, 0) is 4.79 Å². The third kappa shape index (κ3) is 6.34. The number of nitrogens with zero attached hydrogens (tertiary/aromatic N) is 1. The van der Waals surface area contributed by atoms with Gasteiger partial charge in [-0.3, -0.25) is 4.79 Å². The Balaban J connectivity index is 2.01. The summed E-state index contributed by atoms with van der Waals surface area (Å²) in [5.74, 6) is 0.00596. The van der Waals surface area contributed by atoms with Crippen molar-refractivity contribution in [3.63, 3.8) is 0 Å². The quantitative estimate of drug-likeness (QED) is 0.508. The van der Waals surface area contributed by atoms with Gasteiger partial charge in [-0.25, -0.2) is 5.43 Å². The maximum absolute atomic E-state index is 12.6. The number of benzene rings is 2. The van der Waals surface area contributed by atoms with Gasteiger partial charge in [-0.05, 0) is 43.2 Å². The zero-order valence-corrected chi connectivity index (χ0v) is 16.5. The molecule has 0 aliphatic rings. The normalized spacial score (nSPS) is 10.9. The van der Waals surface area contributed by atoms with E-state index in [4.69, 9.17) is 14.2 Å². The van der Waals surface area contributed by atoms with Crippen molar-refractivity contribution in [2.24, 2.45) is 5.10 Å². The van der Waals surface area contributed by atoms with E-state index >= 15 is 0 Å². The van der Waals surface area contributed by atoms with Crippen molar-refractivity contribution >= 4 is 12.1 Å². The largest absolute Gasteiger partial charge is 0.493 e. The number of ether oxygens (including phenoxy) is 4. The van der Waals surface area contributed by atoms with E-state index in [0.717, 1.165) is 11.1 Å². The van der Waals surface area contributed by atoms with Crippen molar-refractivity contribution in [1.29, 1.82) is 0 Å². The summed E-state index contributed by atoms with van der Waals surface area (Å²) in [6, 6.07) is 8.54. The second-order valence-electron chi connectivity index (χ2n) is 5.98. The van der Waals surface area contributed by atoms with Crippen molar-refractivity contribution < 1.29 is 32.5 Å². The van der Waals surface area contributed by atoms with Gasteiger partial charge >= 0.3 is 6.61 Å². The van der Waals surface area contributed by atoms with E-state index in [9.17, 15) is 13.6 Å². The molecule has 2 aromatic rings. The number of hydrogen-bond donors (Lipinski definition) is 1. The average molecular weight is 408 g/mol. The van der Waals surface area contributed by atoms with Crippen LogP contribution in [0.25, 0.3) is 0 Å². The van der Waals surface area contributed by atoms with Gasteiger partial charge < -0.3 is 18.9 Å². The van der Waals surface area contributed by atoms with Gasteiger partial charge in [0, 0.05) is 5.56 Å². The molecule has 1 N–H and O–H groups in total. The minimum absolute atomic E-state index is 0.0377. The summed E-state index contributed by atoms with van der Waals surface area (Å²) in [5, 5.41) is 3.83. The van der Waals surface area contributed by atoms with Gasteiger partial charge in [-0.2, -0.15) is 13.9 Å². The zero-order chi connectivity index (χ0) is 21.4. The molecule has 0 aliphatic carbocycles. The van der Waals surface area contributed by atoms with Crippen molar-refractivity contribution in [1.82, 2.24) is 5.43 Å². The van der Waals surface area contributed by atoms with E-state index in [0.29, 0.717) is 11.3 Å². The van der Waals surface area contributed by atoms with Crippen molar-refractivity contribution in [2.75, 3.05) is 20.8 Å². The fraction of sp³-hybridized carbons (Fsp3) is 0.300. The summed E-state index contributed by atoms with van der Waals surface area (Å²) >= 11 is 0. The summed E-state index contributed by atoms with van der Waals surface area (Å²) in [6.07, 6.45) is 1.31. The molecule has 0 unspecified atom stereocenters. The molecule has 7 nitrogen and oxygen atoms in total. The van der Waals surface area contributed by atoms with Crippen LogP contribution in [0.4, 0.5) is 8.78 Å². The van der Waals surface area contributed by atoms with E-state index in [1.54, 1.807) is 0 Å². The molecule has 1 amide bonds. The lowest BCUT2D eigenvalue weighted by atomic mass is 10.1. The zero-order valence-electron chi connectivity index (χ0n) is 16.5. The van der Waals surface area contributed by atoms with E-state index in [1.165, 1.54) is 32.6 Å². The number of methoxy groups -OCH3 is 2. The van der Waals surface area contributed by atoms with Crippen LogP contribution in [0.5, 0.6) is 23.0 Å². The summed E-state index contributed by atoms with van der Waals surface area (Å²) in [4.78, 5) is 11.9. The van der Waals surface area contributed by atoms with Gasteiger partial charge in [0.1, 0.15) is 5.75 Å². The molecule has 0 atom stereocenters. The Hall–Kier alpha value is -3.36. The average Bonchev–Trinajstić information content (AvgIpc) is 2.68. The molecule has 9 heteroatoms. The Kier molecular flexibility index (Phi) is 7.76. The van der Waals surface area contributed by atoms with Crippen molar-refractivity contribution in [3.8, 4) is 23.0 Å². The topological polar surface area (TPSA) is 78.4 Å². The lowest BCUT2D eigenvalue weighted by Gasteiger charge is -2.14. The van der Waals surface area contributed by atoms with Gasteiger partial charge in [0.2, 0.25) is 5.75 Å². The van der Waals surface area contributed by atoms with E-state index in [-0.39, 0.29) is 23.9 Å². The highest BCUT2D eigenvalue weighted by Gasteiger charge is 2.17. The van der Waals surface area contributed by atoms with Crippen LogP contribution in [0.2, 0.25) is 0 Å². The maximum atomic E-state index is 12.6. The van der Waals surface area contributed by atoms with Crippen molar-refractivity contribution in [3.05, 3.63) is 47.0 Å². The molecule has 2 rings (SSSR count). The molecule has 0 saturated heterocycles. The van der Waals surface area contributed by atoms with Gasteiger partial charge in [0.15, 0.2) is 18.1 Å². The maximum Gasteiger partial charge on any atom is 0.387 e. The molecule has 2 aromatic carbocycles. The Morgan fingerprint density at radius 2 is 1.76 bits per heavy atom. The Bertz CT molecular complexity index is 862. The molecule has 0 heterocycles. The number of hydrogen-bond acceptors (Lipinski definition) is 6. The predicted octanol–water partition coefficient (Wildman–Crippen LogP) is 3.45. The number of aryl methyl sites for hydroxylation is 2. The first kappa shape index (κ1) is 21.9. The monoisotopic (exact) mass is 408 g/mol. The Morgan fingerprint density at radius 3 is 2.34 bits per heavy atom. The molecule has 0 aliphatic heterocycles. The summed E-state index contributed by atoms with van der Waals surface area (Å²) in [6.45, 7) is 0.563. The van der Waals surface area contributed by atoms with Crippen LogP contribution in [0.1, 0.15) is 16.7 Å². The second kappa shape index (κ2) is 10.3. The first-order chi connectivity index (χ1) is 13.8. The fourth-order valence-electron chi connectivity index (χ4n) is 2.40. The number of carbonyl (C=O) groups is 1. The highest BCUT2D eigenvalue weighted by Crippen LogP contribution is 2.39. The molecular formula is C20H22F2N2O5. The molecule has 29 heavy (non-hydrogen) atoms. The number of carbonyl (C=O) groups excluding carboxylic acids is 1. The number of hydrazone groups is 1. The van der Waals surface area contributed by atoms with Gasteiger partial charge in [-0.15, -0.1) is 0 Å². The third-order valence-corrected chi connectivity index (χ3v) is 3.80. The highest BCUT2D eigenvalue weighted by molar-refractivity contribution is 5.84. The van der Waals surface area contributed by atoms with E-state index in [2.05, 4.69) is 15.3 Å². The molecule has 0 saturated carbocycles. The predicted molar refractivity (Wildman–Crippen MR) is 103 cm³/mol. The fourth-order valence-corrected chi connectivity index (χ4v) is 2.40. The van der Waals surface area contributed by atoms with Crippen LogP contribution < -0.4 is 24.4 Å². The molecular weight excluding hydrogens is 386 g/mol. The second-order valence-corrected chi connectivity index (χ2v) is 5.98. The van der Waals surface area contributed by atoms with Crippen LogP contribution >= 0.6 is 0 Å². The molecule has 0 radical (unpaired) electrons. The molecule has 156 valence electrons. The lowest BCUT2D eigenvalue weighted by Crippen LogP contribution is -2.24. The SMILES string of the molecule is COc1cc(/C=N\NC(=O)COc2cc(C)ccc2C)cc(OC)c1OC(F)F. The molecule has 0 bridgehead atoms. The Labute approximate surface area is 167 Å². The van der Waals surface area contributed by atoms with E-state index < -0.39 is 12.5 Å². The number of rotatable bonds is 9. The van der Waals surface area contributed by atoms with Gasteiger partial charge in [0.25, 0.3) is 5.91 Å². The van der Waals surface area contributed by atoms with Crippen LogP contribution in [-0.4, -0.2) is 39.6 Å². The summed E-state index contributed by atoms with van der Waals surface area (Å²) in [5.41, 5.74) is 4.70. The number of alkyl halides is 2. The highest BCUT2D eigenvalue weighted by atomic mass is 19.3. The summed E-state index contributed by atoms with van der Waals surface area (Å²) < 4.78 is 45.2. The first-order valence-electron chi connectivity index (χ1n) is 8.56. The number of halogens is 2. The smallest absolute Gasteiger partial charge is 0.387 e. The lowest BCUT2D eigenvalue weighted by molar-refractivity contribution is -0.123. The first-order valence-corrected chi connectivity index (χ1v) is 8.56. The third-order valence-electron chi connectivity index (χ3n) is 3.80. The Morgan fingerprint density at radius 1 is 1.10 bits per heavy atom. The van der Waals surface area contributed by atoms with Crippen LogP contribution in [0, 0.1) is 13.8 Å². The van der Waals surface area contributed by atoms with Crippen LogP contribution in [0.3, 0.4) is 0 Å². The van der Waals surface area contributed by atoms with Gasteiger partial charge in [-0.1, -0.05) is 12.1 Å². The molecule has 0 fully saturated rings. The number of nitrogens with one attached hydrogen (secondary N) is 1. The minimum Gasteiger partial charge on any atom is -0.493 e. The van der Waals surface area contributed by atoms with Crippen LogP contribution in [0.15, 0.2) is 35.4 Å². The molecule has 0 aromatic heterocycles. The molecule has 0 spiro atoms. The minimum atomic E-state index is -3.03. The van der Waals surface area contributed by atoms with Crippen molar-refractivity contribution in [2.45, 2.75) is 20.5 Å². The van der Waals surface area contributed by atoms with Gasteiger partial charge in [0.05, 0.1) is 20.4 Å². The summed E-state index contributed by atoms with van der Waals surface area (Å²) in [7, 11) is 2.61. The standard InChI is InChI=1S/C20H22F2N2O5/c1-12-5-6-13(2)15(7-12)28-11-18(25)24-23-10-14-8-16(26-3)19(29-20(21)22)17(9-14)27-4/h5-10,20H,11H2,1-4H3,(H,24,25)/b23-10-.